The number of alkyl halides is 3. The van der Waals surface area contributed by atoms with Crippen molar-refractivity contribution in [2.45, 2.75) is 38.4 Å². The Morgan fingerprint density at radius 3 is 2.23 bits per heavy atom. The van der Waals surface area contributed by atoms with Crippen molar-refractivity contribution < 1.29 is 26.7 Å². The molecule has 12 heteroatoms. The second-order valence-corrected chi connectivity index (χ2v) is 9.70. The average Bonchev–Trinajstić information content (AvgIpc) is 3.19. The molecule has 1 fully saturated rings. The number of halogens is 5. The molecule has 0 spiro atoms. The lowest BCUT2D eigenvalue weighted by molar-refractivity contribution is -0.141. The van der Waals surface area contributed by atoms with E-state index in [-0.39, 0.29) is 30.6 Å². The summed E-state index contributed by atoms with van der Waals surface area (Å²) in [5, 5.41) is 4.49. The number of benzene rings is 2. The van der Waals surface area contributed by atoms with Crippen LogP contribution < -0.4 is 4.90 Å². The van der Waals surface area contributed by atoms with Gasteiger partial charge in [0.25, 0.3) is 0 Å². The molecule has 208 valence electrons. The molecule has 1 saturated heterocycles. The molecule has 3 heterocycles. The van der Waals surface area contributed by atoms with Crippen LogP contribution in [-0.2, 0) is 17.5 Å². The van der Waals surface area contributed by atoms with Gasteiger partial charge in [0.05, 0.1) is 0 Å². The van der Waals surface area contributed by atoms with Gasteiger partial charge in [0.2, 0.25) is 5.95 Å². The van der Waals surface area contributed by atoms with Crippen molar-refractivity contribution in [2.75, 3.05) is 18.0 Å². The van der Waals surface area contributed by atoms with Crippen LogP contribution in [0.1, 0.15) is 31.4 Å². The van der Waals surface area contributed by atoms with Gasteiger partial charge in [-0.15, -0.1) is 5.10 Å². The monoisotopic (exact) mass is 556 g/mol. The van der Waals surface area contributed by atoms with Crippen molar-refractivity contribution in [3.8, 4) is 22.8 Å². The van der Waals surface area contributed by atoms with Crippen molar-refractivity contribution in [2.24, 2.45) is 5.92 Å². The molecule has 2 aromatic carbocycles. The highest BCUT2D eigenvalue weighted by Gasteiger charge is 2.33. The third-order valence-corrected chi connectivity index (χ3v) is 6.78. The topological polar surface area (TPSA) is 76.8 Å². The summed E-state index contributed by atoms with van der Waals surface area (Å²) in [6.07, 6.45) is -1.20. The zero-order valence-corrected chi connectivity index (χ0v) is 21.3. The van der Waals surface area contributed by atoms with Gasteiger partial charge in [0, 0.05) is 36.8 Å². The minimum Gasteiger partial charge on any atom is -0.341 e. The van der Waals surface area contributed by atoms with E-state index in [1.807, 2.05) is 0 Å². The maximum atomic E-state index is 13.5. The molecule has 1 aliphatic rings. The van der Waals surface area contributed by atoms with Crippen LogP contribution in [0.5, 0.6) is 0 Å². The zero-order chi connectivity index (χ0) is 28.3. The van der Waals surface area contributed by atoms with Crippen molar-refractivity contribution >= 4 is 11.7 Å². The Kier molecular flexibility index (Phi) is 7.85. The van der Waals surface area contributed by atoms with E-state index in [4.69, 9.17) is 0 Å². The second-order valence-electron chi connectivity index (χ2n) is 9.70. The Labute approximate surface area is 226 Å². The highest BCUT2D eigenvalue weighted by molar-refractivity contribution is 5.79. The molecule has 4 aromatic rings. The summed E-state index contributed by atoms with van der Waals surface area (Å²) in [4.78, 5) is 27.1. The normalized spacial score (nSPS) is 16.1. The fraction of sp³-hybridized carbons (Fsp3) is 0.321. The van der Waals surface area contributed by atoms with Crippen LogP contribution in [-0.4, -0.2) is 43.6 Å². The number of hydrogen-bond donors (Lipinski definition) is 0. The van der Waals surface area contributed by atoms with Gasteiger partial charge in [-0.2, -0.15) is 13.2 Å². The first-order valence-electron chi connectivity index (χ1n) is 12.8. The minimum absolute atomic E-state index is 0.0256. The smallest absolute Gasteiger partial charge is 0.341 e. The minimum atomic E-state index is -4.55. The maximum Gasteiger partial charge on any atom is 0.433 e. The lowest BCUT2D eigenvalue weighted by Gasteiger charge is -2.21. The number of rotatable bonds is 7. The summed E-state index contributed by atoms with van der Waals surface area (Å²) in [6, 6.07) is 12.2. The van der Waals surface area contributed by atoms with E-state index in [0.717, 1.165) is 18.7 Å². The van der Waals surface area contributed by atoms with Gasteiger partial charge in [0.15, 0.2) is 17.4 Å². The first kappa shape index (κ1) is 27.4. The van der Waals surface area contributed by atoms with Crippen LogP contribution >= 0.6 is 0 Å². The van der Waals surface area contributed by atoms with E-state index >= 15 is 0 Å². The van der Waals surface area contributed by atoms with E-state index in [9.17, 15) is 26.7 Å². The predicted molar refractivity (Wildman–Crippen MR) is 137 cm³/mol. The Bertz CT molecular complexity index is 1470. The molecule has 5 rings (SSSR count). The van der Waals surface area contributed by atoms with Crippen molar-refractivity contribution in [3.05, 3.63) is 78.1 Å². The summed E-state index contributed by atoms with van der Waals surface area (Å²) < 4.78 is 67.6. The largest absolute Gasteiger partial charge is 0.433 e. The summed E-state index contributed by atoms with van der Waals surface area (Å²) in [7, 11) is 0. The number of ketones is 1. The summed E-state index contributed by atoms with van der Waals surface area (Å²) in [6.45, 7) is 0.848. The molecule has 0 amide bonds. The van der Waals surface area contributed by atoms with Crippen LogP contribution in [0.4, 0.5) is 27.9 Å². The number of nitrogens with zero attached hydrogens (tertiary/aromatic N) is 6. The molecular weight excluding hydrogens is 531 g/mol. The summed E-state index contributed by atoms with van der Waals surface area (Å²) >= 11 is 0. The predicted octanol–water partition coefficient (Wildman–Crippen LogP) is 5.97. The Morgan fingerprint density at radius 1 is 0.875 bits per heavy atom. The number of anilines is 1. The van der Waals surface area contributed by atoms with E-state index in [2.05, 4.69) is 20.1 Å². The molecule has 1 unspecified atom stereocenters. The molecule has 1 atom stereocenters. The van der Waals surface area contributed by atoms with E-state index in [1.54, 1.807) is 17.0 Å². The van der Waals surface area contributed by atoms with E-state index in [1.165, 1.54) is 41.1 Å². The van der Waals surface area contributed by atoms with Gasteiger partial charge in [-0.05, 0) is 79.8 Å². The first-order chi connectivity index (χ1) is 19.2. The van der Waals surface area contributed by atoms with Crippen molar-refractivity contribution in [1.82, 2.24) is 24.7 Å². The Morgan fingerprint density at radius 2 is 1.55 bits per heavy atom. The average molecular weight is 557 g/mol. The molecule has 2 aromatic heterocycles. The summed E-state index contributed by atoms with van der Waals surface area (Å²) in [5.41, 5.74) is 0.149. The van der Waals surface area contributed by atoms with Gasteiger partial charge in [-0.3, -0.25) is 4.79 Å². The molecule has 7 nitrogen and oxygen atoms in total. The third-order valence-electron chi connectivity index (χ3n) is 6.78. The standard InChI is InChI=1S/C28H25F5N6O/c29-21-7-3-19(4-8-21)25-36-26(20-5-9-22(30)10-6-20)39(37-25)17-23(40)16-18-2-1-14-38(15-12-18)27-34-13-11-24(35-27)28(31,32)33/h3-11,13,18H,1-2,12,14-17H2. The van der Waals surface area contributed by atoms with Crippen LogP contribution in [0.2, 0.25) is 0 Å². The molecule has 0 aliphatic carbocycles. The van der Waals surface area contributed by atoms with Gasteiger partial charge in [0.1, 0.15) is 23.9 Å². The first-order valence-corrected chi connectivity index (χ1v) is 12.8. The number of hydrogen-bond acceptors (Lipinski definition) is 6. The number of aromatic nitrogens is 5. The van der Waals surface area contributed by atoms with Crippen LogP contribution in [0.25, 0.3) is 22.8 Å². The molecular formula is C28H25F5N6O. The van der Waals surface area contributed by atoms with Crippen LogP contribution in [0, 0.1) is 17.6 Å². The molecule has 40 heavy (non-hydrogen) atoms. The lowest BCUT2D eigenvalue weighted by atomic mass is 9.95. The summed E-state index contributed by atoms with van der Waals surface area (Å²) in [5.74, 6) is -0.173. The highest BCUT2D eigenvalue weighted by atomic mass is 19.4. The number of carbonyl (C=O) groups excluding carboxylic acids is 1. The zero-order valence-electron chi connectivity index (χ0n) is 21.3. The number of carbonyl (C=O) groups is 1. The van der Waals surface area contributed by atoms with E-state index in [0.29, 0.717) is 48.7 Å². The molecule has 0 N–H and O–H groups in total. The fourth-order valence-corrected chi connectivity index (χ4v) is 4.77. The van der Waals surface area contributed by atoms with Gasteiger partial charge in [-0.1, -0.05) is 0 Å². The van der Waals surface area contributed by atoms with Crippen molar-refractivity contribution in [3.63, 3.8) is 0 Å². The quantitative estimate of drug-likeness (QED) is 0.261. The highest BCUT2D eigenvalue weighted by Crippen LogP contribution is 2.30. The third kappa shape index (κ3) is 6.49. The Hall–Kier alpha value is -4.22. The van der Waals surface area contributed by atoms with Gasteiger partial charge in [-0.25, -0.2) is 28.4 Å². The lowest BCUT2D eigenvalue weighted by Crippen LogP contribution is -2.27. The van der Waals surface area contributed by atoms with E-state index < -0.39 is 23.5 Å². The van der Waals surface area contributed by atoms with Gasteiger partial charge >= 0.3 is 6.18 Å². The van der Waals surface area contributed by atoms with Crippen molar-refractivity contribution in [1.29, 1.82) is 0 Å². The molecule has 0 saturated carbocycles. The Balaban J connectivity index is 1.28. The van der Waals surface area contributed by atoms with Gasteiger partial charge < -0.3 is 4.90 Å². The van der Waals surface area contributed by atoms with Crippen LogP contribution in [0.3, 0.4) is 0 Å². The molecule has 0 radical (unpaired) electrons. The maximum absolute atomic E-state index is 13.5. The molecule has 0 bridgehead atoms. The molecule has 1 aliphatic heterocycles. The number of Topliss-reactive ketones (excluding diaryl/α,β-unsaturated/α-hetero) is 1. The van der Waals surface area contributed by atoms with Crippen LogP contribution in [0.15, 0.2) is 60.8 Å². The SMILES string of the molecule is O=C(CC1CCCN(c2nccc(C(F)(F)F)n2)CC1)Cn1nc(-c2ccc(F)cc2)nc1-c1ccc(F)cc1. The fourth-order valence-electron chi connectivity index (χ4n) is 4.77. The second kappa shape index (κ2) is 11.5.